The number of nitrogens with zero attached hydrogens (tertiary/aromatic N) is 2. The van der Waals surface area contributed by atoms with Gasteiger partial charge in [0.25, 0.3) is 0 Å². The van der Waals surface area contributed by atoms with E-state index in [9.17, 15) is 0 Å². The summed E-state index contributed by atoms with van der Waals surface area (Å²) in [5.41, 5.74) is 1.03. The number of nitrogens with one attached hydrogen (secondary N) is 1. The number of aromatic nitrogens is 2. The van der Waals surface area contributed by atoms with Crippen molar-refractivity contribution >= 4 is 5.82 Å². The first-order valence-electron chi connectivity index (χ1n) is 5.58. The molecule has 0 amide bonds. The van der Waals surface area contributed by atoms with Crippen molar-refractivity contribution in [3.05, 3.63) is 17.6 Å². The molecule has 0 fully saturated rings. The second-order valence-electron chi connectivity index (χ2n) is 4.68. The van der Waals surface area contributed by atoms with Crippen molar-refractivity contribution in [2.24, 2.45) is 5.92 Å². The van der Waals surface area contributed by atoms with E-state index in [1.807, 2.05) is 13.0 Å². The van der Waals surface area contributed by atoms with Crippen molar-refractivity contribution in [3.8, 4) is 0 Å². The molecule has 1 rings (SSSR count). The van der Waals surface area contributed by atoms with E-state index in [-0.39, 0.29) is 0 Å². The predicted molar refractivity (Wildman–Crippen MR) is 64.2 cm³/mol. The highest BCUT2D eigenvalue weighted by atomic mass is 15.0. The summed E-state index contributed by atoms with van der Waals surface area (Å²) in [7, 11) is 0. The van der Waals surface area contributed by atoms with Crippen LogP contribution in [0.2, 0.25) is 0 Å². The molecule has 3 heteroatoms. The second-order valence-corrected chi connectivity index (χ2v) is 4.68. The lowest BCUT2D eigenvalue weighted by molar-refractivity contribution is 0.684. The summed E-state index contributed by atoms with van der Waals surface area (Å²) >= 11 is 0. The molecule has 0 atom stereocenters. The zero-order chi connectivity index (χ0) is 11.4. The topological polar surface area (TPSA) is 37.8 Å². The summed E-state index contributed by atoms with van der Waals surface area (Å²) in [6, 6.07) is 1.99. The Bertz CT molecular complexity index is 319. The SMILES string of the molecule is Cc1cc(NCC(C)C)nc(C(C)C)n1. The lowest BCUT2D eigenvalue weighted by atomic mass is 10.2. The maximum atomic E-state index is 4.48. The van der Waals surface area contributed by atoms with Gasteiger partial charge < -0.3 is 5.32 Å². The van der Waals surface area contributed by atoms with E-state index in [0.717, 1.165) is 23.9 Å². The fourth-order valence-electron chi connectivity index (χ4n) is 1.25. The average Bonchev–Trinajstić information content (AvgIpc) is 2.13. The first-order valence-corrected chi connectivity index (χ1v) is 5.58. The normalized spacial score (nSPS) is 11.1. The van der Waals surface area contributed by atoms with E-state index in [1.54, 1.807) is 0 Å². The minimum Gasteiger partial charge on any atom is -0.370 e. The van der Waals surface area contributed by atoms with Crippen molar-refractivity contribution in [1.29, 1.82) is 0 Å². The molecule has 1 heterocycles. The van der Waals surface area contributed by atoms with Gasteiger partial charge in [0.05, 0.1) is 0 Å². The number of rotatable bonds is 4. The van der Waals surface area contributed by atoms with Gasteiger partial charge in [0.2, 0.25) is 0 Å². The lowest BCUT2D eigenvalue weighted by Crippen LogP contribution is -2.11. The van der Waals surface area contributed by atoms with Crippen molar-refractivity contribution in [3.63, 3.8) is 0 Å². The maximum Gasteiger partial charge on any atom is 0.133 e. The Balaban J connectivity index is 2.79. The highest BCUT2D eigenvalue weighted by Crippen LogP contribution is 2.13. The van der Waals surface area contributed by atoms with Crippen LogP contribution in [0.15, 0.2) is 6.07 Å². The average molecular weight is 207 g/mol. The number of aryl methyl sites for hydroxylation is 1. The van der Waals surface area contributed by atoms with E-state index < -0.39 is 0 Å². The van der Waals surface area contributed by atoms with Gasteiger partial charge in [-0.15, -0.1) is 0 Å². The quantitative estimate of drug-likeness (QED) is 0.824. The van der Waals surface area contributed by atoms with E-state index in [2.05, 4.69) is 43.0 Å². The molecule has 0 bridgehead atoms. The monoisotopic (exact) mass is 207 g/mol. The molecule has 0 aliphatic rings. The molecule has 0 aliphatic carbocycles. The van der Waals surface area contributed by atoms with E-state index >= 15 is 0 Å². The summed E-state index contributed by atoms with van der Waals surface area (Å²) in [6.45, 7) is 11.6. The molecule has 0 spiro atoms. The fraction of sp³-hybridized carbons (Fsp3) is 0.667. The van der Waals surface area contributed by atoms with Crippen LogP contribution in [-0.4, -0.2) is 16.5 Å². The zero-order valence-corrected chi connectivity index (χ0v) is 10.3. The smallest absolute Gasteiger partial charge is 0.133 e. The third-order valence-corrected chi connectivity index (χ3v) is 2.08. The molecule has 1 N–H and O–H groups in total. The minimum absolute atomic E-state index is 0.379. The highest BCUT2D eigenvalue weighted by molar-refractivity contribution is 5.36. The minimum atomic E-state index is 0.379. The molecule has 0 radical (unpaired) electrons. The fourth-order valence-corrected chi connectivity index (χ4v) is 1.25. The van der Waals surface area contributed by atoms with Gasteiger partial charge in [0, 0.05) is 24.2 Å². The van der Waals surface area contributed by atoms with Gasteiger partial charge in [-0.2, -0.15) is 0 Å². The Morgan fingerprint density at radius 3 is 2.40 bits per heavy atom. The third kappa shape index (κ3) is 3.86. The number of hydrogen-bond donors (Lipinski definition) is 1. The first kappa shape index (κ1) is 12.0. The van der Waals surface area contributed by atoms with E-state index in [4.69, 9.17) is 0 Å². The summed E-state index contributed by atoms with van der Waals surface area (Å²) in [5, 5.41) is 3.33. The molecule has 0 unspecified atom stereocenters. The molecule has 84 valence electrons. The first-order chi connectivity index (χ1) is 6.99. The highest BCUT2D eigenvalue weighted by Gasteiger charge is 2.05. The van der Waals surface area contributed by atoms with Crippen LogP contribution in [0, 0.1) is 12.8 Å². The molecular weight excluding hydrogens is 186 g/mol. The largest absolute Gasteiger partial charge is 0.370 e. The van der Waals surface area contributed by atoms with Gasteiger partial charge in [-0.25, -0.2) is 9.97 Å². The van der Waals surface area contributed by atoms with E-state index in [1.165, 1.54) is 0 Å². The molecule has 0 saturated carbocycles. The van der Waals surface area contributed by atoms with Gasteiger partial charge in [-0.3, -0.25) is 0 Å². The molecule has 1 aromatic heterocycles. The standard InChI is InChI=1S/C12H21N3/c1-8(2)7-13-11-6-10(5)14-12(15-11)9(3)4/h6,8-9H,7H2,1-5H3,(H,13,14,15). The molecule has 0 aromatic carbocycles. The molecule has 15 heavy (non-hydrogen) atoms. The number of hydrogen-bond acceptors (Lipinski definition) is 3. The Kier molecular flexibility index (Phi) is 4.06. The van der Waals surface area contributed by atoms with Crippen LogP contribution in [-0.2, 0) is 0 Å². The van der Waals surface area contributed by atoms with Crippen LogP contribution in [0.25, 0.3) is 0 Å². The second kappa shape index (κ2) is 5.10. The molecular formula is C12H21N3. The molecule has 0 saturated heterocycles. The third-order valence-electron chi connectivity index (χ3n) is 2.08. The maximum absolute atomic E-state index is 4.48. The van der Waals surface area contributed by atoms with Crippen molar-refractivity contribution in [2.75, 3.05) is 11.9 Å². The van der Waals surface area contributed by atoms with E-state index in [0.29, 0.717) is 11.8 Å². The van der Waals surface area contributed by atoms with Crippen molar-refractivity contribution in [1.82, 2.24) is 9.97 Å². The van der Waals surface area contributed by atoms with Gasteiger partial charge in [-0.05, 0) is 12.8 Å². The van der Waals surface area contributed by atoms with Crippen LogP contribution in [0.3, 0.4) is 0 Å². The van der Waals surface area contributed by atoms with Crippen LogP contribution < -0.4 is 5.32 Å². The Hall–Kier alpha value is -1.12. The molecule has 0 aliphatic heterocycles. The van der Waals surface area contributed by atoms with Crippen LogP contribution in [0.1, 0.15) is 45.1 Å². The van der Waals surface area contributed by atoms with Gasteiger partial charge in [0.15, 0.2) is 0 Å². The summed E-state index contributed by atoms with van der Waals surface area (Å²) in [6.07, 6.45) is 0. The summed E-state index contributed by atoms with van der Waals surface area (Å²) in [5.74, 6) is 2.87. The predicted octanol–water partition coefficient (Wildman–Crippen LogP) is 2.98. The molecule has 3 nitrogen and oxygen atoms in total. The van der Waals surface area contributed by atoms with Crippen LogP contribution >= 0.6 is 0 Å². The van der Waals surface area contributed by atoms with Crippen LogP contribution in [0.5, 0.6) is 0 Å². The Morgan fingerprint density at radius 2 is 1.87 bits per heavy atom. The lowest BCUT2D eigenvalue weighted by Gasteiger charge is -2.11. The van der Waals surface area contributed by atoms with Crippen molar-refractivity contribution < 1.29 is 0 Å². The van der Waals surface area contributed by atoms with Gasteiger partial charge >= 0.3 is 0 Å². The van der Waals surface area contributed by atoms with Crippen molar-refractivity contribution in [2.45, 2.75) is 40.5 Å². The Morgan fingerprint density at radius 1 is 1.20 bits per heavy atom. The van der Waals surface area contributed by atoms with Crippen LogP contribution in [0.4, 0.5) is 5.82 Å². The molecule has 1 aromatic rings. The Labute approximate surface area is 92.3 Å². The van der Waals surface area contributed by atoms with Gasteiger partial charge in [0.1, 0.15) is 11.6 Å². The van der Waals surface area contributed by atoms with Gasteiger partial charge in [-0.1, -0.05) is 27.7 Å². The zero-order valence-electron chi connectivity index (χ0n) is 10.3. The number of anilines is 1. The summed E-state index contributed by atoms with van der Waals surface area (Å²) in [4.78, 5) is 8.89. The summed E-state index contributed by atoms with van der Waals surface area (Å²) < 4.78 is 0.